The fourth-order valence-corrected chi connectivity index (χ4v) is 2.31. The third-order valence-corrected chi connectivity index (χ3v) is 3.62. The van der Waals surface area contributed by atoms with Crippen LogP contribution >= 0.6 is 0 Å². The zero-order chi connectivity index (χ0) is 15.6. The molecule has 0 atom stereocenters. The molecule has 3 N–H and O–H groups in total. The molecule has 0 saturated heterocycles. The minimum atomic E-state index is -0.582. The number of para-hydroxylation sites is 1. The van der Waals surface area contributed by atoms with E-state index < -0.39 is 5.82 Å². The first-order valence-electron chi connectivity index (χ1n) is 6.73. The molecule has 0 radical (unpaired) electrons. The summed E-state index contributed by atoms with van der Waals surface area (Å²) in [7, 11) is 1.89. The van der Waals surface area contributed by atoms with Gasteiger partial charge in [0.25, 0.3) is 5.91 Å². The molecule has 0 aliphatic heterocycles. The second-order valence-corrected chi connectivity index (χ2v) is 4.98. The number of nitrogens with zero attached hydrogens (tertiary/aromatic N) is 2. The highest BCUT2D eigenvalue weighted by molar-refractivity contribution is 5.99. The maximum absolute atomic E-state index is 13.3. The number of anilines is 1. The third-order valence-electron chi connectivity index (χ3n) is 3.62. The van der Waals surface area contributed by atoms with Crippen LogP contribution in [0.5, 0.6) is 0 Å². The van der Waals surface area contributed by atoms with Crippen molar-refractivity contribution in [1.82, 2.24) is 15.1 Å². The van der Waals surface area contributed by atoms with Gasteiger partial charge in [-0.25, -0.2) is 4.39 Å². The molecule has 5 nitrogen and oxygen atoms in total. The molecule has 0 fully saturated rings. The average Bonchev–Trinajstić information content (AvgIpc) is 2.68. The van der Waals surface area contributed by atoms with E-state index in [1.54, 1.807) is 0 Å². The molecule has 1 aromatic carbocycles. The second kappa shape index (κ2) is 5.95. The maximum atomic E-state index is 13.3. The Kier molecular flexibility index (Phi) is 4.26. The van der Waals surface area contributed by atoms with Crippen molar-refractivity contribution in [1.29, 1.82) is 0 Å². The Balaban J connectivity index is 2.00. The van der Waals surface area contributed by atoms with Gasteiger partial charge in [0, 0.05) is 19.3 Å². The molecule has 2 aromatic rings. The zero-order valence-corrected chi connectivity index (χ0v) is 12.4. The van der Waals surface area contributed by atoms with E-state index in [-0.39, 0.29) is 17.2 Å². The number of benzene rings is 1. The van der Waals surface area contributed by atoms with Crippen molar-refractivity contribution >= 4 is 11.6 Å². The van der Waals surface area contributed by atoms with Crippen LogP contribution in [-0.2, 0) is 13.5 Å². The third kappa shape index (κ3) is 3.04. The summed E-state index contributed by atoms with van der Waals surface area (Å²) in [5, 5.41) is 7.08. The zero-order valence-electron chi connectivity index (χ0n) is 12.4. The number of carbonyl (C=O) groups is 1. The fourth-order valence-electron chi connectivity index (χ4n) is 2.31. The molecule has 112 valence electrons. The molecule has 1 amide bonds. The lowest BCUT2D eigenvalue weighted by molar-refractivity contribution is 0.0954. The van der Waals surface area contributed by atoms with E-state index in [4.69, 9.17) is 5.73 Å². The largest absolute Gasteiger partial charge is 0.396 e. The molecule has 1 heterocycles. The lowest BCUT2D eigenvalue weighted by Gasteiger charge is -2.08. The smallest absolute Gasteiger partial charge is 0.253 e. The van der Waals surface area contributed by atoms with Crippen molar-refractivity contribution in [2.75, 3.05) is 12.3 Å². The van der Waals surface area contributed by atoms with Crippen LogP contribution in [0, 0.1) is 19.7 Å². The molecule has 6 heteroatoms. The minimum absolute atomic E-state index is 0.122. The first kappa shape index (κ1) is 15.0. The number of rotatable bonds is 4. The SMILES string of the molecule is Cc1nn(C)c(C)c1CCNC(=O)c1cccc(F)c1N. The number of hydrogen-bond acceptors (Lipinski definition) is 3. The molecule has 1 aromatic heterocycles. The van der Waals surface area contributed by atoms with Crippen LogP contribution in [0.15, 0.2) is 18.2 Å². The number of nitrogen functional groups attached to an aromatic ring is 1. The van der Waals surface area contributed by atoms with Crippen LogP contribution in [-0.4, -0.2) is 22.2 Å². The lowest BCUT2D eigenvalue weighted by Crippen LogP contribution is -2.27. The van der Waals surface area contributed by atoms with E-state index in [0.29, 0.717) is 13.0 Å². The summed E-state index contributed by atoms with van der Waals surface area (Å²) in [6.45, 7) is 4.37. The summed E-state index contributed by atoms with van der Waals surface area (Å²) in [5.41, 5.74) is 8.75. The maximum Gasteiger partial charge on any atom is 0.253 e. The van der Waals surface area contributed by atoms with E-state index in [1.807, 2.05) is 25.6 Å². The van der Waals surface area contributed by atoms with Gasteiger partial charge in [-0.15, -0.1) is 0 Å². The van der Waals surface area contributed by atoms with Crippen LogP contribution in [0.25, 0.3) is 0 Å². The first-order valence-corrected chi connectivity index (χ1v) is 6.73. The van der Waals surface area contributed by atoms with Crippen molar-refractivity contribution in [3.63, 3.8) is 0 Å². The van der Waals surface area contributed by atoms with Crippen molar-refractivity contribution in [3.05, 3.63) is 46.5 Å². The summed E-state index contributed by atoms with van der Waals surface area (Å²) in [4.78, 5) is 12.0. The lowest BCUT2D eigenvalue weighted by atomic mass is 10.1. The number of carbonyl (C=O) groups excluding carboxylic acids is 1. The number of hydrogen-bond donors (Lipinski definition) is 2. The quantitative estimate of drug-likeness (QED) is 0.842. The Morgan fingerprint density at radius 2 is 2.14 bits per heavy atom. The Morgan fingerprint density at radius 3 is 2.76 bits per heavy atom. The van der Waals surface area contributed by atoms with E-state index in [9.17, 15) is 9.18 Å². The molecule has 0 aliphatic rings. The predicted octanol–water partition coefficient (Wildman–Crippen LogP) is 1.73. The van der Waals surface area contributed by atoms with Crippen molar-refractivity contribution in [2.24, 2.45) is 7.05 Å². The van der Waals surface area contributed by atoms with Crippen molar-refractivity contribution in [3.8, 4) is 0 Å². The summed E-state index contributed by atoms with van der Waals surface area (Å²) < 4.78 is 15.1. The molecule has 0 aliphatic carbocycles. The number of nitrogens with two attached hydrogens (primary N) is 1. The van der Waals surface area contributed by atoms with E-state index in [2.05, 4.69) is 10.4 Å². The van der Waals surface area contributed by atoms with Gasteiger partial charge in [-0.05, 0) is 38.0 Å². The van der Waals surface area contributed by atoms with Gasteiger partial charge >= 0.3 is 0 Å². The Labute approximate surface area is 123 Å². The highest BCUT2D eigenvalue weighted by Gasteiger charge is 2.13. The number of halogens is 1. The Bertz CT molecular complexity index is 679. The normalized spacial score (nSPS) is 10.7. The van der Waals surface area contributed by atoms with Crippen molar-refractivity contribution < 1.29 is 9.18 Å². The number of nitrogens with one attached hydrogen (secondary N) is 1. The van der Waals surface area contributed by atoms with Crippen LogP contribution in [0.2, 0.25) is 0 Å². The summed E-state index contributed by atoms with van der Waals surface area (Å²) in [6, 6.07) is 4.21. The highest BCUT2D eigenvalue weighted by Crippen LogP contribution is 2.16. The molecular weight excluding hydrogens is 271 g/mol. The number of amides is 1. The van der Waals surface area contributed by atoms with Gasteiger partial charge in [0.2, 0.25) is 0 Å². The van der Waals surface area contributed by atoms with Gasteiger partial charge in [0.1, 0.15) is 5.82 Å². The van der Waals surface area contributed by atoms with Gasteiger partial charge in [0.15, 0.2) is 0 Å². The van der Waals surface area contributed by atoms with Crippen LogP contribution in [0.1, 0.15) is 27.3 Å². The summed E-state index contributed by atoms with van der Waals surface area (Å²) >= 11 is 0. The predicted molar refractivity (Wildman–Crippen MR) is 79.5 cm³/mol. The fraction of sp³-hybridized carbons (Fsp3) is 0.333. The molecule has 0 unspecified atom stereocenters. The first-order chi connectivity index (χ1) is 9.91. The molecule has 21 heavy (non-hydrogen) atoms. The minimum Gasteiger partial charge on any atom is -0.396 e. The van der Waals surface area contributed by atoms with E-state index >= 15 is 0 Å². The van der Waals surface area contributed by atoms with Crippen LogP contribution < -0.4 is 11.1 Å². The number of aromatic nitrogens is 2. The second-order valence-electron chi connectivity index (χ2n) is 4.98. The Morgan fingerprint density at radius 1 is 1.43 bits per heavy atom. The average molecular weight is 290 g/mol. The number of aryl methyl sites for hydroxylation is 2. The van der Waals surface area contributed by atoms with Gasteiger partial charge in [-0.1, -0.05) is 6.07 Å². The Hall–Kier alpha value is -2.37. The summed E-state index contributed by atoms with van der Waals surface area (Å²) in [6.07, 6.45) is 0.673. The van der Waals surface area contributed by atoms with Crippen molar-refractivity contribution in [2.45, 2.75) is 20.3 Å². The van der Waals surface area contributed by atoms with Crippen LogP contribution in [0.3, 0.4) is 0 Å². The van der Waals surface area contributed by atoms with E-state index in [0.717, 1.165) is 17.0 Å². The van der Waals surface area contributed by atoms with Crippen LogP contribution in [0.4, 0.5) is 10.1 Å². The molecule has 2 rings (SSSR count). The molecular formula is C15H19FN4O. The highest BCUT2D eigenvalue weighted by atomic mass is 19.1. The van der Waals surface area contributed by atoms with Gasteiger partial charge < -0.3 is 11.1 Å². The molecule has 0 bridgehead atoms. The topological polar surface area (TPSA) is 72.9 Å². The summed E-state index contributed by atoms with van der Waals surface area (Å²) in [5.74, 6) is -0.951. The van der Waals surface area contributed by atoms with Gasteiger partial charge in [-0.3, -0.25) is 9.48 Å². The van der Waals surface area contributed by atoms with E-state index in [1.165, 1.54) is 18.2 Å². The standard InChI is InChI=1S/C15H19FN4O/c1-9-11(10(2)20(3)19-9)7-8-18-15(21)12-5-4-6-13(16)14(12)17/h4-6H,7-8,17H2,1-3H3,(H,18,21). The molecule has 0 saturated carbocycles. The van der Waals surface area contributed by atoms with Gasteiger partial charge in [0.05, 0.1) is 16.9 Å². The molecule has 0 spiro atoms. The monoisotopic (exact) mass is 290 g/mol. The van der Waals surface area contributed by atoms with Gasteiger partial charge in [-0.2, -0.15) is 5.10 Å².